The predicted molar refractivity (Wildman–Crippen MR) is 108 cm³/mol. The van der Waals surface area contributed by atoms with E-state index in [9.17, 15) is 35.6 Å². The fraction of sp³-hybridized carbons (Fsp3) is 0.381. The third-order valence-corrected chi connectivity index (χ3v) is 5.37. The molecule has 0 amide bonds. The molecule has 11 nitrogen and oxygen atoms in total. The first-order valence-corrected chi connectivity index (χ1v) is 9.64. The van der Waals surface area contributed by atoms with Crippen molar-refractivity contribution in [3.05, 3.63) is 63.2 Å². The standard InChI is InChI=1S/C21H22N2O9/c1-10-13(17(25)21-20(28)19(27)18(26)15(9-24)32-21)5-6-14(16(10)23(29)30)31-12-4-2-3-11(7-12)8-22/h2-7,15,17-21,24-28H,9H2,1H3/t15-,17-,18-,19+,20+,21-/m1/s1. The van der Waals surface area contributed by atoms with Crippen molar-refractivity contribution in [2.24, 2.45) is 0 Å². The number of hydrogen-bond donors (Lipinski definition) is 5. The highest BCUT2D eigenvalue weighted by Gasteiger charge is 2.47. The minimum atomic E-state index is -1.72. The van der Waals surface area contributed by atoms with Crippen molar-refractivity contribution in [3.63, 3.8) is 0 Å². The monoisotopic (exact) mass is 446 g/mol. The Morgan fingerprint density at radius 1 is 1.22 bits per heavy atom. The number of benzene rings is 2. The number of hydrogen-bond acceptors (Lipinski definition) is 10. The van der Waals surface area contributed by atoms with Gasteiger partial charge in [-0.3, -0.25) is 10.1 Å². The number of nitriles is 1. The van der Waals surface area contributed by atoms with Crippen LogP contribution in [0.25, 0.3) is 0 Å². The average molecular weight is 446 g/mol. The molecule has 3 rings (SSSR count). The van der Waals surface area contributed by atoms with Gasteiger partial charge in [-0.1, -0.05) is 12.1 Å². The normalized spacial score (nSPS) is 26.2. The number of nitro benzene ring substituents is 1. The van der Waals surface area contributed by atoms with Crippen LogP contribution in [0.4, 0.5) is 5.69 Å². The van der Waals surface area contributed by atoms with Crippen LogP contribution in [0.15, 0.2) is 36.4 Å². The molecule has 5 N–H and O–H groups in total. The highest BCUT2D eigenvalue weighted by atomic mass is 16.6. The van der Waals surface area contributed by atoms with Crippen LogP contribution in [-0.2, 0) is 4.74 Å². The Morgan fingerprint density at radius 3 is 2.56 bits per heavy atom. The van der Waals surface area contributed by atoms with E-state index in [0.717, 1.165) is 0 Å². The maximum atomic E-state index is 11.8. The second-order valence-electron chi connectivity index (χ2n) is 7.36. The second kappa shape index (κ2) is 9.58. The van der Waals surface area contributed by atoms with Gasteiger partial charge in [0.1, 0.15) is 42.4 Å². The summed E-state index contributed by atoms with van der Waals surface area (Å²) >= 11 is 0. The molecule has 11 heteroatoms. The highest BCUT2D eigenvalue weighted by Crippen LogP contribution is 2.40. The Labute approximate surface area is 182 Å². The lowest BCUT2D eigenvalue weighted by molar-refractivity contribution is -0.386. The molecule has 2 aromatic carbocycles. The van der Waals surface area contributed by atoms with E-state index in [1.54, 1.807) is 12.1 Å². The van der Waals surface area contributed by atoms with E-state index in [1.807, 2.05) is 6.07 Å². The minimum absolute atomic E-state index is 0.0217. The zero-order valence-corrected chi connectivity index (χ0v) is 16.9. The molecule has 1 fully saturated rings. The summed E-state index contributed by atoms with van der Waals surface area (Å²) in [4.78, 5) is 11.1. The largest absolute Gasteiger partial charge is 0.450 e. The van der Waals surface area contributed by atoms with Crippen LogP contribution in [0.5, 0.6) is 11.5 Å². The highest BCUT2D eigenvalue weighted by molar-refractivity contribution is 5.58. The van der Waals surface area contributed by atoms with E-state index >= 15 is 0 Å². The first-order chi connectivity index (χ1) is 15.2. The van der Waals surface area contributed by atoms with Gasteiger partial charge in [0.15, 0.2) is 0 Å². The van der Waals surface area contributed by atoms with Gasteiger partial charge in [-0.15, -0.1) is 0 Å². The lowest BCUT2D eigenvalue weighted by Gasteiger charge is -2.42. The topological polar surface area (TPSA) is 187 Å². The Hall–Kier alpha value is -3.11. The number of rotatable bonds is 6. The first-order valence-electron chi connectivity index (χ1n) is 9.64. The molecule has 1 aliphatic rings. The van der Waals surface area contributed by atoms with Gasteiger partial charge in [-0.05, 0) is 36.8 Å². The van der Waals surface area contributed by atoms with Crippen molar-refractivity contribution in [1.29, 1.82) is 5.26 Å². The molecule has 0 saturated carbocycles. The molecule has 0 spiro atoms. The van der Waals surface area contributed by atoms with E-state index < -0.39 is 53.8 Å². The number of ether oxygens (including phenoxy) is 2. The van der Waals surface area contributed by atoms with Crippen LogP contribution in [0.3, 0.4) is 0 Å². The third kappa shape index (κ3) is 4.42. The maximum Gasteiger partial charge on any atom is 0.314 e. The Balaban J connectivity index is 1.97. The summed E-state index contributed by atoms with van der Waals surface area (Å²) < 4.78 is 11.0. The van der Waals surface area contributed by atoms with E-state index in [2.05, 4.69) is 0 Å². The van der Waals surface area contributed by atoms with Crippen LogP contribution in [0.1, 0.15) is 22.8 Å². The summed E-state index contributed by atoms with van der Waals surface area (Å²) in [5, 5.41) is 71.1. The van der Waals surface area contributed by atoms with Crippen LogP contribution < -0.4 is 4.74 Å². The fourth-order valence-corrected chi connectivity index (χ4v) is 3.64. The fourth-order valence-electron chi connectivity index (χ4n) is 3.64. The zero-order chi connectivity index (χ0) is 23.6. The lowest BCUT2D eigenvalue weighted by Crippen LogP contribution is -2.59. The van der Waals surface area contributed by atoms with Gasteiger partial charge >= 0.3 is 5.69 Å². The Kier molecular flexibility index (Phi) is 7.05. The average Bonchev–Trinajstić information content (AvgIpc) is 2.77. The van der Waals surface area contributed by atoms with Crippen molar-refractivity contribution >= 4 is 5.69 Å². The molecule has 0 aliphatic carbocycles. The molecule has 32 heavy (non-hydrogen) atoms. The molecule has 0 aromatic heterocycles. The summed E-state index contributed by atoms with van der Waals surface area (Å²) in [6, 6.07) is 10.6. The summed E-state index contributed by atoms with van der Waals surface area (Å²) in [7, 11) is 0. The molecular formula is C21H22N2O9. The number of aliphatic hydroxyl groups excluding tert-OH is 5. The van der Waals surface area contributed by atoms with Crippen LogP contribution >= 0.6 is 0 Å². The number of nitro groups is 1. The van der Waals surface area contributed by atoms with Gasteiger partial charge in [-0.25, -0.2) is 0 Å². The van der Waals surface area contributed by atoms with Gasteiger partial charge in [0.2, 0.25) is 5.75 Å². The zero-order valence-electron chi connectivity index (χ0n) is 16.9. The Morgan fingerprint density at radius 2 is 1.94 bits per heavy atom. The van der Waals surface area contributed by atoms with Crippen molar-refractivity contribution in [2.45, 2.75) is 43.5 Å². The van der Waals surface area contributed by atoms with Gasteiger partial charge < -0.3 is 35.0 Å². The van der Waals surface area contributed by atoms with E-state index in [1.165, 1.54) is 31.2 Å². The van der Waals surface area contributed by atoms with Gasteiger partial charge in [0.25, 0.3) is 0 Å². The molecule has 0 bridgehead atoms. The molecular weight excluding hydrogens is 424 g/mol. The van der Waals surface area contributed by atoms with Crippen LogP contribution in [0, 0.1) is 28.4 Å². The molecule has 1 aliphatic heterocycles. The van der Waals surface area contributed by atoms with E-state index in [-0.39, 0.29) is 22.6 Å². The van der Waals surface area contributed by atoms with Crippen molar-refractivity contribution in [2.75, 3.05) is 6.61 Å². The molecule has 1 heterocycles. The van der Waals surface area contributed by atoms with Crippen LogP contribution in [-0.4, -0.2) is 67.6 Å². The summed E-state index contributed by atoms with van der Waals surface area (Å²) in [5.41, 5.74) is -0.0995. The third-order valence-electron chi connectivity index (χ3n) is 5.37. The van der Waals surface area contributed by atoms with Crippen LogP contribution in [0.2, 0.25) is 0 Å². The smallest absolute Gasteiger partial charge is 0.314 e. The second-order valence-corrected chi connectivity index (χ2v) is 7.36. The molecule has 0 radical (unpaired) electrons. The van der Waals surface area contributed by atoms with Gasteiger partial charge in [0, 0.05) is 5.56 Å². The van der Waals surface area contributed by atoms with Crippen molar-refractivity contribution in [3.8, 4) is 17.6 Å². The van der Waals surface area contributed by atoms with Gasteiger partial charge in [0.05, 0.1) is 23.2 Å². The Bertz CT molecular complexity index is 1040. The molecule has 6 atom stereocenters. The van der Waals surface area contributed by atoms with Gasteiger partial charge in [-0.2, -0.15) is 5.26 Å². The quantitative estimate of drug-likeness (QED) is 0.308. The van der Waals surface area contributed by atoms with Crippen molar-refractivity contribution in [1.82, 2.24) is 0 Å². The minimum Gasteiger partial charge on any atom is -0.450 e. The summed E-state index contributed by atoms with van der Waals surface area (Å²) in [6.45, 7) is 0.696. The molecule has 1 saturated heterocycles. The SMILES string of the molecule is Cc1c([C@@H](O)[C@H]2O[C@H](CO)[C@@H](O)[C@H](O)[C@@H]2O)ccc(Oc2cccc(C#N)c2)c1[N+](=O)[O-]. The van der Waals surface area contributed by atoms with Crippen molar-refractivity contribution < 1.29 is 39.9 Å². The molecule has 2 aromatic rings. The predicted octanol–water partition coefficient (Wildman–Crippen LogP) is 0.443. The number of aliphatic hydroxyl groups is 5. The maximum absolute atomic E-state index is 11.8. The number of nitrogens with zero attached hydrogens (tertiary/aromatic N) is 2. The summed E-state index contributed by atoms with van der Waals surface area (Å²) in [6.07, 6.45) is -9.36. The molecule has 170 valence electrons. The first kappa shape index (κ1) is 23.6. The van der Waals surface area contributed by atoms with E-state index in [4.69, 9.17) is 14.7 Å². The lowest BCUT2D eigenvalue weighted by atomic mass is 9.88. The van der Waals surface area contributed by atoms with E-state index in [0.29, 0.717) is 5.56 Å². The summed E-state index contributed by atoms with van der Waals surface area (Å²) in [5.74, 6) is 0.0705. The molecule has 0 unspecified atom stereocenters.